The van der Waals surface area contributed by atoms with E-state index >= 15 is 4.39 Å². The SMILES string of the molecule is CC(=O)N1C2CCC(C3CCC(N4CCCS4(=O)=O)C(F)C3)CC2N(C(=O)OC(C)C)C[C@@H]1C. The number of hydrogen-bond donors (Lipinski definition) is 0. The number of alkyl halides is 1. The Bertz CT molecular complexity index is 884. The molecule has 0 aromatic heterocycles. The Labute approximate surface area is 203 Å². The summed E-state index contributed by atoms with van der Waals surface area (Å²) in [5.74, 6) is 0.547. The highest BCUT2D eigenvalue weighted by Gasteiger charge is 2.49. The molecule has 0 bridgehead atoms. The number of hydrogen-bond acceptors (Lipinski definition) is 5. The average Bonchev–Trinajstić information content (AvgIpc) is 3.10. The molecule has 194 valence electrons. The van der Waals surface area contributed by atoms with Gasteiger partial charge in [-0.3, -0.25) is 4.79 Å². The fourth-order valence-electron chi connectivity index (χ4n) is 7.02. The number of nitrogens with zero attached hydrogens (tertiary/aromatic N) is 3. The van der Waals surface area contributed by atoms with Crippen LogP contribution in [0.1, 0.15) is 72.6 Å². The number of amides is 2. The van der Waals surface area contributed by atoms with E-state index in [-0.39, 0.29) is 53.8 Å². The van der Waals surface area contributed by atoms with Crippen LogP contribution in [-0.4, -0.2) is 89.8 Å². The number of halogens is 1. The molecule has 7 atom stereocenters. The largest absolute Gasteiger partial charge is 0.447 e. The van der Waals surface area contributed by atoms with Gasteiger partial charge in [0, 0.05) is 26.1 Å². The van der Waals surface area contributed by atoms with E-state index in [9.17, 15) is 18.0 Å². The standard InChI is InChI=1S/C24H40FN3O5S/c1-15(2)33-24(30)26-14-16(3)28(17(4)29)22-9-7-19(13-23(22)26)18-6-8-21(20(25)12-18)27-10-5-11-34(27,31)32/h15-16,18-23H,5-14H2,1-4H3/t16-,18?,19?,20?,21?,22?,23?/m0/s1. The van der Waals surface area contributed by atoms with Crippen LogP contribution in [0, 0.1) is 11.8 Å². The first-order valence-electron chi connectivity index (χ1n) is 12.9. The number of piperazine rings is 1. The van der Waals surface area contributed by atoms with Gasteiger partial charge in [-0.1, -0.05) is 0 Å². The Balaban J connectivity index is 1.47. The van der Waals surface area contributed by atoms with Crippen molar-refractivity contribution in [3.8, 4) is 0 Å². The Hall–Kier alpha value is -1.42. The van der Waals surface area contributed by atoms with E-state index in [0.717, 1.165) is 25.7 Å². The lowest BCUT2D eigenvalue weighted by molar-refractivity contribution is -0.143. The van der Waals surface area contributed by atoms with Crippen molar-refractivity contribution < 1.29 is 27.1 Å². The van der Waals surface area contributed by atoms with Crippen LogP contribution in [0.15, 0.2) is 0 Å². The van der Waals surface area contributed by atoms with Crippen LogP contribution in [0.3, 0.4) is 0 Å². The fraction of sp³-hybridized carbons (Fsp3) is 0.917. The topological polar surface area (TPSA) is 87.2 Å². The second-order valence-corrected chi connectivity index (χ2v) is 13.0. The maximum Gasteiger partial charge on any atom is 0.410 e. The Morgan fingerprint density at radius 1 is 1.00 bits per heavy atom. The summed E-state index contributed by atoms with van der Waals surface area (Å²) in [4.78, 5) is 29.1. The van der Waals surface area contributed by atoms with E-state index < -0.39 is 22.2 Å². The summed E-state index contributed by atoms with van der Waals surface area (Å²) in [6, 6.07) is -0.811. The zero-order chi connectivity index (χ0) is 24.8. The quantitative estimate of drug-likeness (QED) is 0.593. The van der Waals surface area contributed by atoms with Crippen LogP contribution in [-0.2, 0) is 19.6 Å². The second-order valence-electron chi connectivity index (χ2n) is 11.0. The van der Waals surface area contributed by atoms with E-state index in [1.807, 2.05) is 25.7 Å². The van der Waals surface area contributed by atoms with Gasteiger partial charge in [-0.05, 0) is 77.6 Å². The molecule has 34 heavy (non-hydrogen) atoms. The molecular formula is C24H40FN3O5S. The number of carbonyl (C=O) groups excluding carboxylic acids is 2. The number of fused-ring (bicyclic) bond motifs is 1. The molecule has 0 radical (unpaired) electrons. The van der Waals surface area contributed by atoms with Crippen molar-refractivity contribution in [2.45, 2.75) is 109 Å². The summed E-state index contributed by atoms with van der Waals surface area (Å²) in [5.41, 5.74) is 0. The number of rotatable bonds is 3. The Morgan fingerprint density at radius 2 is 1.65 bits per heavy atom. The minimum atomic E-state index is -3.33. The van der Waals surface area contributed by atoms with Crippen molar-refractivity contribution in [2.75, 3.05) is 18.8 Å². The number of carbonyl (C=O) groups is 2. The summed E-state index contributed by atoms with van der Waals surface area (Å²) in [7, 11) is -3.33. The van der Waals surface area contributed by atoms with Crippen molar-refractivity contribution in [1.29, 1.82) is 0 Å². The Morgan fingerprint density at radius 3 is 2.21 bits per heavy atom. The molecular weight excluding hydrogens is 461 g/mol. The van der Waals surface area contributed by atoms with Crippen molar-refractivity contribution in [1.82, 2.24) is 14.1 Å². The molecule has 6 unspecified atom stereocenters. The van der Waals surface area contributed by atoms with Crippen molar-refractivity contribution in [2.24, 2.45) is 11.8 Å². The lowest BCUT2D eigenvalue weighted by Gasteiger charge is -2.54. The zero-order valence-electron chi connectivity index (χ0n) is 20.9. The van der Waals surface area contributed by atoms with E-state index in [2.05, 4.69) is 0 Å². The van der Waals surface area contributed by atoms with Gasteiger partial charge in [0.25, 0.3) is 0 Å². The smallest absolute Gasteiger partial charge is 0.410 e. The van der Waals surface area contributed by atoms with Gasteiger partial charge in [0.2, 0.25) is 15.9 Å². The van der Waals surface area contributed by atoms with Gasteiger partial charge in [-0.15, -0.1) is 0 Å². The lowest BCUT2D eigenvalue weighted by Crippen LogP contribution is -2.67. The predicted molar refractivity (Wildman–Crippen MR) is 126 cm³/mol. The molecule has 2 saturated heterocycles. The molecule has 4 aliphatic rings. The van der Waals surface area contributed by atoms with Crippen molar-refractivity contribution in [3.63, 3.8) is 0 Å². The minimum Gasteiger partial charge on any atom is -0.447 e. The molecule has 4 rings (SSSR count). The van der Waals surface area contributed by atoms with E-state index in [1.165, 1.54) is 4.31 Å². The Kier molecular flexibility index (Phi) is 7.48. The van der Waals surface area contributed by atoms with Gasteiger partial charge < -0.3 is 14.5 Å². The maximum absolute atomic E-state index is 15.3. The molecule has 0 N–H and O–H groups in total. The summed E-state index contributed by atoms with van der Waals surface area (Å²) in [5, 5.41) is 0. The molecule has 0 aromatic carbocycles. The molecule has 2 aliphatic heterocycles. The van der Waals surface area contributed by atoms with Crippen LogP contribution in [0.2, 0.25) is 0 Å². The molecule has 2 amide bonds. The first-order valence-corrected chi connectivity index (χ1v) is 14.5. The van der Waals surface area contributed by atoms with Crippen LogP contribution < -0.4 is 0 Å². The van der Waals surface area contributed by atoms with Gasteiger partial charge in [-0.25, -0.2) is 17.6 Å². The molecule has 2 saturated carbocycles. The number of sulfonamides is 1. The van der Waals surface area contributed by atoms with E-state index in [1.54, 1.807) is 11.8 Å². The third-order valence-corrected chi connectivity index (χ3v) is 10.4. The van der Waals surface area contributed by atoms with Crippen LogP contribution in [0.25, 0.3) is 0 Å². The maximum atomic E-state index is 15.3. The van der Waals surface area contributed by atoms with Gasteiger partial charge in [-0.2, -0.15) is 4.31 Å². The monoisotopic (exact) mass is 501 g/mol. The summed E-state index contributed by atoms with van der Waals surface area (Å²) < 4.78 is 46.9. The summed E-state index contributed by atoms with van der Waals surface area (Å²) >= 11 is 0. The van der Waals surface area contributed by atoms with E-state index in [0.29, 0.717) is 32.4 Å². The van der Waals surface area contributed by atoms with E-state index in [4.69, 9.17) is 4.74 Å². The molecule has 10 heteroatoms. The molecule has 2 heterocycles. The lowest BCUT2D eigenvalue weighted by atomic mass is 9.68. The van der Waals surface area contributed by atoms with Crippen LogP contribution in [0.5, 0.6) is 0 Å². The minimum absolute atomic E-state index is 0.0222. The van der Waals surface area contributed by atoms with Crippen molar-refractivity contribution >= 4 is 22.0 Å². The van der Waals surface area contributed by atoms with Gasteiger partial charge in [0.05, 0.1) is 30.0 Å². The van der Waals surface area contributed by atoms with Crippen molar-refractivity contribution in [3.05, 3.63) is 0 Å². The second kappa shape index (κ2) is 9.91. The number of ether oxygens (including phenoxy) is 1. The molecule has 0 aromatic rings. The first kappa shape index (κ1) is 25.7. The summed E-state index contributed by atoms with van der Waals surface area (Å²) in [6.07, 6.45) is 2.94. The normalized spacial score (nSPS) is 38.6. The molecule has 4 fully saturated rings. The van der Waals surface area contributed by atoms with Crippen LogP contribution in [0.4, 0.5) is 9.18 Å². The molecule has 8 nitrogen and oxygen atoms in total. The molecule has 0 spiro atoms. The third kappa shape index (κ3) is 4.94. The highest BCUT2D eigenvalue weighted by molar-refractivity contribution is 7.89. The first-order chi connectivity index (χ1) is 16.0. The summed E-state index contributed by atoms with van der Waals surface area (Å²) in [6.45, 7) is 8.08. The van der Waals surface area contributed by atoms with Gasteiger partial charge >= 0.3 is 6.09 Å². The van der Waals surface area contributed by atoms with Crippen LogP contribution >= 0.6 is 0 Å². The third-order valence-electron chi connectivity index (χ3n) is 8.40. The van der Waals surface area contributed by atoms with Gasteiger partial charge in [0.1, 0.15) is 6.17 Å². The van der Waals surface area contributed by atoms with Gasteiger partial charge in [0.15, 0.2) is 0 Å². The molecule has 2 aliphatic carbocycles. The fourth-order valence-corrected chi connectivity index (χ4v) is 8.81. The average molecular weight is 502 g/mol. The highest BCUT2D eigenvalue weighted by Crippen LogP contribution is 2.44. The highest BCUT2D eigenvalue weighted by atomic mass is 32.2. The zero-order valence-corrected chi connectivity index (χ0v) is 21.7. The predicted octanol–water partition coefficient (Wildman–Crippen LogP) is 3.16.